The molecule has 30 heavy (non-hydrogen) atoms. The average Bonchev–Trinajstić information content (AvgIpc) is 2.71. The van der Waals surface area contributed by atoms with Crippen molar-refractivity contribution in [2.24, 2.45) is 5.92 Å². The number of anilines is 1. The van der Waals surface area contributed by atoms with Gasteiger partial charge in [-0.1, -0.05) is 12.5 Å². The number of fused-ring (bicyclic) bond motifs is 1. The molecule has 4 rings (SSSR count). The lowest BCUT2D eigenvalue weighted by Crippen LogP contribution is -2.41. The first-order chi connectivity index (χ1) is 14.4. The maximum absolute atomic E-state index is 13.1. The van der Waals surface area contributed by atoms with Crippen LogP contribution in [0.25, 0.3) is 0 Å². The molecule has 0 radical (unpaired) electrons. The fourth-order valence-electron chi connectivity index (χ4n) is 4.14. The molecule has 2 aromatic carbocycles. The maximum Gasteiger partial charge on any atom is 0.230 e. The monoisotopic (exact) mass is 429 g/mol. The van der Waals surface area contributed by atoms with Gasteiger partial charge in [-0.3, -0.25) is 4.79 Å². The summed E-state index contributed by atoms with van der Waals surface area (Å²) in [5.41, 5.74) is 2.43. The van der Waals surface area contributed by atoms with Crippen LogP contribution in [0.1, 0.15) is 36.8 Å². The molecule has 1 heterocycles. The average molecular weight is 430 g/mol. The number of ether oxygens (including phenoxy) is 2. The summed E-state index contributed by atoms with van der Waals surface area (Å²) in [4.78, 5) is 14.9. The van der Waals surface area contributed by atoms with E-state index in [-0.39, 0.29) is 22.5 Å². The molecule has 1 aliphatic heterocycles. The lowest BCUT2D eigenvalue weighted by molar-refractivity contribution is -0.124. The van der Waals surface area contributed by atoms with E-state index in [2.05, 4.69) is 0 Å². The lowest BCUT2D eigenvalue weighted by atomic mass is 9.83. The molecule has 2 aromatic rings. The third-order valence-electron chi connectivity index (χ3n) is 6.05. The van der Waals surface area contributed by atoms with E-state index in [1.54, 1.807) is 43.5 Å². The zero-order valence-corrected chi connectivity index (χ0v) is 18.2. The van der Waals surface area contributed by atoms with Crippen molar-refractivity contribution in [3.8, 4) is 11.5 Å². The first-order valence-corrected chi connectivity index (χ1v) is 12.0. The van der Waals surface area contributed by atoms with Gasteiger partial charge in [0.1, 0.15) is 0 Å². The van der Waals surface area contributed by atoms with Crippen molar-refractivity contribution in [3.63, 3.8) is 0 Å². The summed E-state index contributed by atoms with van der Waals surface area (Å²) in [6, 6.07) is 10.3. The van der Waals surface area contributed by atoms with Crippen LogP contribution in [-0.4, -0.2) is 35.1 Å². The Morgan fingerprint density at radius 1 is 1.03 bits per heavy atom. The number of hydrogen-bond acceptors (Lipinski definition) is 5. The number of carbonyl (C=O) groups is 1. The second kappa shape index (κ2) is 8.30. The molecule has 0 N–H and O–H groups in total. The molecule has 0 aromatic heterocycles. The summed E-state index contributed by atoms with van der Waals surface area (Å²) in [5, 5.41) is 0. The second-order valence-corrected chi connectivity index (χ2v) is 9.95. The van der Waals surface area contributed by atoms with E-state index in [0.717, 1.165) is 43.4 Å². The molecular weight excluding hydrogens is 402 g/mol. The molecule has 0 bridgehead atoms. The van der Waals surface area contributed by atoms with Crippen LogP contribution in [0.15, 0.2) is 41.3 Å². The number of benzene rings is 2. The van der Waals surface area contributed by atoms with Crippen LogP contribution in [-0.2, 0) is 26.8 Å². The Kier molecular flexibility index (Phi) is 5.73. The molecule has 1 aliphatic carbocycles. The third kappa shape index (κ3) is 3.90. The van der Waals surface area contributed by atoms with Crippen molar-refractivity contribution in [3.05, 3.63) is 47.5 Å². The molecule has 1 saturated carbocycles. The van der Waals surface area contributed by atoms with Gasteiger partial charge in [-0.2, -0.15) is 0 Å². The molecule has 160 valence electrons. The highest BCUT2D eigenvalue weighted by Crippen LogP contribution is 2.35. The first-order valence-electron chi connectivity index (χ1n) is 10.3. The number of methoxy groups -OCH3 is 2. The Balaban J connectivity index is 1.59. The fraction of sp³-hybridized carbons (Fsp3) is 0.435. The number of nitrogens with zero attached hydrogens (tertiary/aromatic N) is 1. The molecule has 0 atom stereocenters. The van der Waals surface area contributed by atoms with Crippen molar-refractivity contribution in [1.29, 1.82) is 0 Å². The predicted molar refractivity (Wildman–Crippen MR) is 115 cm³/mol. The van der Waals surface area contributed by atoms with Crippen LogP contribution >= 0.6 is 0 Å². The Hall–Kier alpha value is -2.54. The molecule has 1 fully saturated rings. The van der Waals surface area contributed by atoms with Gasteiger partial charge in [-0.15, -0.1) is 0 Å². The van der Waals surface area contributed by atoms with Gasteiger partial charge in [0, 0.05) is 18.2 Å². The largest absolute Gasteiger partial charge is 0.493 e. The van der Waals surface area contributed by atoms with E-state index < -0.39 is 9.84 Å². The first kappa shape index (κ1) is 20.7. The third-order valence-corrected chi connectivity index (χ3v) is 7.74. The van der Waals surface area contributed by atoms with Gasteiger partial charge in [0.05, 0.1) is 24.9 Å². The van der Waals surface area contributed by atoms with Crippen LogP contribution in [0.3, 0.4) is 0 Å². The van der Waals surface area contributed by atoms with Gasteiger partial charge >= 0.3 is 0 Å². The Morgan fingerprint density at radius 2 is 1.80 bits per heavy atom. The van der Waals surface area contributed by atoms with Crippen LogP contribution < -0.4 is 14.4 Å². The summed E-state index contributed by atoms with van der Waals surface area (Å²) in [5.74, 6) is 1.24. The summed E-state index contributed by atoms with van der Waals surface area (Å²) >= 11 is 0. The summed E-state index contributed by atoms with van der Waals surface area (Å²) in [6.45, 7) is 0.708. The number of sulfone groups is 1. The van der Waals surface area contributed by atoms with E-state index in [1.807, 2.05) is 4.90 Å². The number of aryl methyl sites for hydroxylation is 1. The van der Waals surface area contributed by atoms with Crippen LogP contribution in [0.4, 0.5) is 5.69 Å². The van der Waals surface area contributed by atoms with Gasteiger partial charge in [-0.05, 0) is 67.1 Å². The summed E-state index contributed by atoms with van der Waals surface area (Å²) < 4.78 is 36.6. The van der Waals surface area contributed by atoms with E-state index in [0.29, 0.717) is 23.6 Å². The van der Waals surface area contributed by atoms with Crippen molar-refractivity contribution in [2.45, 2.75) is 42.8 Å². The van der Waals surface area contributed by atoms with E-state index in [1.165, 1.54) is 7.11 Å². The smallest absolute Gasteiger partial charge is 0.230 e. The summed E-state index contributed by atoms with van der Waals surface area (Å²) in [6.07, 6.45) is 4.67. The standard InChI is InChI=1S/C23H27NO5S/c1-28-21-11-8-16(13-22(21)29-2)15-30(26,27)19-9-10-20-18(14-19)7-4-12-24(20)23(25)17-5-3-6-17/h8-11,13-14,17H,3-7,12,15H2,1-2H3. The predicted octanol–water partition coefficient (Wildman–Crippen LogP) is 3.76. The van der Waals surface area contributed by atoms with Gasteiger partial charge < -0.3 is 14.4 Å². The normalized spacial score (nSPS) is 16.5. The van der Waals surface area contributed by atoms with E-state index in [9.17, 15) is 13.2 Å². The highest BCUT2D eigenvalue weighted by atomic mass is 32.2. The Morgan fingerprint density at radius 3 is 2.47 bits per heavy atom. The van der Waals surface area contributed by atoms with Gasteiger partial charge in [0.2, 0.25) is 5.91 Å². The van der Waals surface area contributed by atoms with Gasteiger partial charge in [0.25, 0.3) is 0 Å². The molecule has 0 spiro atoms. The van der Waals surface area contributed by atoms with Gasteiger partial charge in [0.15, 0.2) is 21.3 Å². The topological polar surface area (TPSA) is 72.9 Å². The molecule has 0 saturated heterocycles. The minimum atomic E-state index is -3.54. The number of hydrogen-bond donors (Lipinski definition) is 0. The fourth-order valence-corrected chi connectivity index (χ4v) is 5.53. The molecule has 2 aliphatic rings. The second-order valence-electron chi connectivity index (χ2n) is 7.96. The van der Waals surface area contributed by atoms with Crippen molar-refractivity contribution in [1.82, 2.24) is 0 Å². The Labute approximate surface area is 177 Å². The Bertz CT molecular complexity index is 1060. The van der Waals surface area contributed by atoms with Gasteiger partial charge in [-0.25, -0.2) is 8.42 Å². The zero-order chi connectivity index (χ0) is 21.3. The maximum atomic E-state index is 13.1. The molecule has 7 heteroatoms. The van der Waals surface area contributed by atoms with E-state index >= 15 is 0 Å². The zero-order valence-electron chi connectivity index (χ0n) is 17.4. The summed E-state index contributed by atoms with van der Waals surface area (Å²) in [7, 11) is -0.473. The molecule has 0 unspecified atom stereocenters. The molecular formula is C23H27NO5S. The van der Waals surface area contributed by atoms with Crippen molar-refractivity contribution < 1.29 is 22.7 Å². The molecule has 6 nitrogen and oxygen atoms in total. The lowest BCUT2D eigenvalue weighted by Gasteiger charge is -2.35. The highest BCUT2D eigenvalue weighted by molar-refractivity contribution is 7.90. The van der Waals surface area contributed by atoms with E-state index in [4.69, 9.17) is 9.47 Å². The minimum Gasteiger partial charge on any atom is -0.493 e. The molecule has 1 amide bonds. The number of carbonyl (C=O) groups excluding carboxylic acids is 1. The van der Waals surface area contributed by atoms with Crippen molar-refractivity contribution in [2.75, 3.05) is 25.7 Å². The highest BCUT2D eigenvalue weighted by Gasteiger charge is 2.32. The van der Waals surface area contributed by atoms with Crippen molar-refractivity contribution >= 4 is 21.4 Å². The number of rotatable bonds is 6. The van der Waals surface area contributed by atoms with Crippen LogP contribution in [0.5, 0.6) is 11.5 Å². The minimum absolute atomic E-state index is 0.128. The number of amides is 1. The van der Waals surface area contributed by atoms with Crippen LogP contribution in [0, 0.1) is 5.92 Å². The SMILES string of the molecule is COc1ccc(CS(=O)(=O)c2ccc3c(c2)CCCN3C(=O)C2CCC2)cc1OC. The van der Waals surface area contributed by atoms with Crippen LogP contribution in [0.2, 0.25) is 0 Å². The quantitative estimate of drug-likeness (QED) is 0.699.